The van der Waals surface area contributed by atoms with Crippen molar-refractivity contribution in [2.45, 2.75) is 18.9 Å². The second-order valence-corrected chi connectivity index (χ2v) is 5.86. The standard InChI is InChI=1S/C15H17N3O2/c19-15(11-1-2-14-13(6-11)16-9-20-14)17-12-5-10-3-4-18(7-10)8-12/h1-2,6,9-10,12H,3-5,7-8H2,(H,17,19)/t10-,12-/m1/s1. The highest BCUT2D eigenvalue weighted by Crippen LogP contribution is 2.27. The lowest BCUT2D eigenvalue weighted by Crippen LogP contribution is -2.47. The van der Waals surface area contributed by atoms with E-state index >= 15 is 0 Å². The van der Waals surface area contributed by atoms with Gasteiger partial charge >= 0.3 is 0 Å². The highest BCUT2D eigenvalue weighted by Gasteiger charge is 2.32. The summed E-state index contributed by atoms with van der Waals surface area (Å²) in [5, 5.41) is 3.15. The molecule has 0 spiro atoms. The van der Waals surface area contributed by atoms with Crippen molar-refractivity contribution in [1.82, 2.24) is 15.2 Å². The average Bonchev–Trinajstić information content (AvgIpc) is 3.04. The van der Waals surface area contributed by atoms with Gasteiger partial charge in [0, 0.05) is 24.7 Å². The molecule has 0 saturated carbocycles. The Morgan fingerprint density at radius 2 is 2.35 bits per heavy atom. The van der Waals surface area contributed by atoms with Gasteiger partial charge in [0.25, 0.3) is 5.91 Å². The molecule has 0 aliphatic carbocycles. The van der Waals surface area contributed by atoms with Crippen LogP contribution in [-0.4, -0.2) is 41.5 Å². The van der Waals surface area contributed by atoms with Crippen molar-refractivity contribution in [2.75, 3.05) is 19.6 Å². The molecule has 2 bridgehead atoms. The molecule has 20 heavy (non-hydrogen) atoms. The molecule has 2 aliphatic heterocycles. The molecule has 2 aliphatic rings. The number of fused-ring (bicyclic) bond motifs is 3. The fraction of sp³-hybridized carbons (Fsp3) is 0.467. The van der Waals surface area contributed by atoms with Gasteiger partial charge in [-0.25, -0.2) is 4.98 Å². The van der Waals surface area contributed by atoms with Gasteiger partial charge in [-0.1, -0.05) is 0 Å². The first-order chi connectivity index (χ1) is 9.78. The first kappa shape index (κ1) is 11.9. The highest BCUT2D eigenvalue weighted by molar-refractivity contribution is 5.97. The fourth-order valence-corrected chi connectivity index (χ4v) is 3.43. The van der Waals surface area contributed by atoms with Crippen molar-refractivity contribution >= 4 is 17.0 Å². The third kappa shape index (κ3) is 2.08. The lowest BCUT2D eigenvalue weighted by atomic mass is 9.96. The zero-order chi connectivity index (χ0) is 13.5. The van der Waals surface area contributed by atoms with Crippen LogP contribution in [0.15, 0.2) is 29.0 Å². The Kier molecular flexibility index (Phi) is 2.73. The summed E-state index contributed by atoms with van der Waals surface area (Å²) in [6.07, 6.45) is 3.78. The minimum Gasteiger partial charge on any atom is -0.443 e. The molecule has 2 saturated heterocycles. The first-order valence-corrected chi connectivity index (χ1v) is 7.14. The van der Waals surface area contributed by atoms with Crippen molar-refractivity contribution in [3.05, 3.63) is 30.2 Å². The van der Waals surface area contributed by atoms with Gasteiger partial charge in [0.2, 0.25) is 0 Å². The molecule has 5 heteroatoms. The molecule has 1 aromatic heterocycles. The molecule has 4 rings (SSSR count). The molecule has 1 amide bonds. The maximum Gasteiger partial charge on any atom is 0.251 e. The van der Waals surface area contributed by atoms with E-state index in [0.717, 1.165) is 24.4 Å². The van der Waals surface area contributed by atoms with Crippen LogP contribution in [0.25, 0.3) is 11.1 Å². The lowest BCUT2D eigenvalue weighted by Gasteiger charge is -2.30. The van der Waals surface area contributed by atoms with Crippen LogP contribution in [0.3, 0.4) is 0 Å². The van der Waals surface area contributed by atoms with Crippen LogP contribution >= 0.6 is 0 Å². The van der Waals surface area contributed by atoms with E-state index in [1.807, 2.05) is 0 Å². The van der Waals surface area contributed by atoms with Crippen LogP contribution in [0.4, 0.5) is 0 Å². The predicted molar refractivity (Wildman–Crippen MR) is 74.4 cm³/mol. The van der Waals surface area contributed by atoms with Crippen LogP contribution < -0.4 is 5.32 Å². The van der Waals surface area contributed by atoms with Gasteiger partial charge < -0.3 is 14.6 Å². The Labute approximate surface area is 117 Å². The van der Waals surface area contributed by atoms with Gasteiger partial charge in [-0.15, -0.1) is 0 Å². The summed E-state index contributed by atoms with van der Waals surface area (Å²) >= 11 is 0. The first-order valence-electron chi connectivity index (χ1n) is 7.14. The molecule has 2 aromatic rings. The molecular formula is C15H17N3O2. The Morgan fingerprint density at radius 3 is 3.25 bits per heavy atom. The molecule has 0 radical (unpaired) electrons. The highest BCUT2D eigenvalue weighted by atomic mass is 16.3. The summed E-state index contributed by atoms with van der Waals surface area (Å²) in [4.78, 5) is 18.9. The number of nitrogens with zero attached hydrogens (tertiary/aromatic N) is 2. The third-order valence-electron chi connectivity index (χ3n) is 4.39. The molecule has 104 valence electrons. The number of aromatic nitrogens is 1. The Balaban J connectivity index is 1.49. The number of piperidine rings is 1. The second-order valence-electron chi connectivity index (χ2n) is 5.86. The summed E-state index contributed by atoms with van der Waals surface area (Å²) in [5.41, 5.74) is 2.09. The number of hydrogen-bond donors (Lipinski definition) is 1. The van der Waals surface area contributed by atoms with Gasteiger partial charge in [0.1, 0.15) is 5.52 Å². The van der Waals surface area contributed by atoms with Crippen molar-refractivity contribution in [3.8, 4) is 0 Å². The van der Waals surface area contributed by atoms with E-state index in [4.69, 9.17) is 4.42 Å². The normalized spacial score (nSPS) is 28.7. The number of carbonyl (C=O) groups excluding carboxylic acids is 1. The largest absolute Gasteiger partial charge is 0.443 e. The van der Waals surface area contributed by atoms with E-state index in [1.165, 1.54) is 25.9 Å². The van der Waals surface area contributed by atoms with Gasteiger partial charge in [0.05, 0.1) is 0 Å². The monoisotopic (exact) mass is 271 g/mol. The SMILES string of the molecule is O=C(N[C@@H]1C[C@H]2CCN(C2)C1)c1ccc2ocnc2c1. The summed E-state index contributed by atoms with van der Waals surface area (Å²) in [6, 6.07) is 5.65. The number of hydrogen-bond acceptors (Lipinski definition) is 4. The van der Waals surface area contributed by atoms with Crippen molar-refractivity contribution in [1.29, 1.82) is 0 Å². The lowest BCUT2D eigenvalue weighted by molar-refractivity contribution is 0.0909. The van der Waals surface area contributed by atoms with Crippen LogP contribution in [0.2, 0.25) is 0 Å². The van der Waals surface area contributed by atoms with Crippen molar-refractivity contribution in [3.63, 3.8) is 0 Å². The smallest absolute Gasteiger partial charge is 0.251 e. The van der Waals surface area contributed by atoms with E-state index in [2.05, 4.69) is 15.2 Å². The maximum absolute atomic E-state index is 12.3. The Morgan fingerprint density at radius 1 is 1.40 bits per heavy atom. The maximum atomic E-state index is 12.3. The average molecular weight is 271 g/mol. The van der Waals surface area contributed by atoms with Gasteiger partial charge in [-0.3, -0.25) is 4.79 Å². The van der Waals surface area contributed by atoms with Crippen LogP contribution in [0, 0.1) is 5.92 Å². The van der Waals surface area contributed by atoms with Gasteiger partial charge in [-0.05, 0) is 43.5 Å². The van der Waals surface area contributed by atoms with Crippen LogP contribution in [-0.2, 0) is 0 Å². The zero-order valence-corrected chi connectivity index (χ0v) is 11.2. The van der Waals surface area contributed by atoms with E-state index < -0.39 is 0 Å². The number of oxazole rings is 1. The number of benzene rings is 1. The number of rotatable bonds is 2. The molecule has 1 unspecified atom stereocenters. The van der Waals surface area contributed by atoms with E-state index in [9.17, 15) is 4.79 Å². The number of nitrogens with one attached hydrogen (secondary N) is 1. The summed E-state index contributed by atoms with van der Waals surface area (Å²) in [5.74, 6) is 0.745. The van der Waals surface area contributed by atoms with E-state index in [-0.39, 0.29) is 11.9 Å². The molecule has 3 heterocycles. The number of amides is 1. The summed E-state index contributed by atoms with van der Waals surface area (Å²) in [6.45, 7) is 3.37. The van der Waals surface area contributed by atoms with Gasteiger partial charge in [-0.2, -0.15) is 0 Å². The van der Waals surface area contributed by atoms with Crippen LogP contribution in [0.1, 0.15) is 23.2 Å². The summed E-state index contributed by atoms with van der Waals surface area (Å²) < 4.78 is 5.19. The van der Waals surface area contributed by atoms with E-state index in [0.29, 0.717) is 11.1 Å². The molecule has 2 fully saturated rings. The van der Waals surface area contributed by atoms with Crippen molar-refractivity contribution in [2.24, 2.45) is 5.92 Å². The van der Waals surface area contributed by atoms with Crippen LogP contribution in [0.5, 0.6) is 0 Å². The molecular weight excluding hydrogens is 254 g/mol. The van der Waals surface area contributed by atoms with Gasteiger partial charge in [0.15, 0.2) is 12.0 Å². The summed E-state index contributed by atoms with van der Waals surface area (Å²) in [7, 11) is 0. The third-order valence-corrected chi connectivity index (χ3v) is 4.39. The Bertz CT molecular complexity index is 639. The topological polar surface area (TPSA) is 58.4 Å². The molecule has 1 aromatic carbocycles. The molecule has 3 atom stereocenters. The predicted octanol–water partition coefficient (Wildman–Crippen LogP) is 1.65. The minimum absolute atomic E-state index is 0.0117. The minimum atomic E-state index is -0.0117. The second kappa shape index (κ2) is 4.59. The molecule has 5 nitrogen and oxygen atoms in total. The molecule has 1 N–H and O–H groups in total. The number of carbonyl (C=O) groups is 1. The van der Waals surface area contributed by atoms with E-state index in [1.54, 1.807) is 18.2 Å². The fourth-order valence-electron chi connectivity index (χ4n) is 3.43. The Hall–Kier alpha value is -1.88. The van der Waals surface area contributed by atoms with Crippen molar-refractivity contribution < 1.29 is 9.21 Å². The quantitative estimate of drug-likeness (QED) is 0.902. The zero-order valence-electron chi connectivity index (χ0n) is 11.2.